The van der Waals surface area contributed by atoms with Gasteiger partial charge in [-0.15, -0.1) is 0 Å². The third kappa shape index (κ3) is 3.44. The molecule has 0 aliphatic rings. The topological polar surface area (TPSA) is 33.2 Å². The number of amides is 1. The lowest BCUT2D eigenvalue weighted by Gasteiger charge is -2.29. The van der Waals surface area contributed by atoms with Crippen molar-refractivity contribution in [1.82, 2.24) is 9.88 Å². The first kappa shape index (κ1) is 14.3. The average Bonchev–Trinajstić information content (AvgIpc) is 2.53. The van der Waals surface area contributed by atoms with Crippen LogP contribution < -0.4 is 0 Å². The summed E-state index contributed by atoms with van der Waals surface area (Å²) in [6.07, 6.45) is 4.25. The number of aromatic nitrogens is 1. The molecule has 0 saturated carbocycles. The fourth-order valence-corrected chi connectivity index (χ4v) is 2.09. The molecule has 0 saturated heterocycles. The van der Waals surface area contributed by atoms with E-state index in [0.717, 1.165) is 12.0 Å². The van der Waals surface area contributed by atoms with E-state index in [2.05, 4.69) is 31.0 Å². The van der Waals surface area contributed by atoms with Crippen LogP contribution in [0.4, 0.5) is 0 Å². The Morgan fingerprint density at radius 3 is 2.40 bits per heavy atom. The lowest BCUT2D eigenvalue weighted by molar-refractivity contribution is 0.0671. The zero-order valence-electron chi connectivity index (χ0n) is 12.0. The van der Waals surface area contributed by atoms with E-state index < -0.39 is 0 Å². The van der Waals surface area contributed by atoms with E-state index in [1.807, 2.05) is 23.1 Å². The summed E-state index contributed by atoms with van der Waals surface area (Å²) in [5.74, 6) is 0.0607. The first-order chi connectivity index (χ1) is 9.72. The Morgan fingerprint density at radius 2 is 1.80 bits per heavy atom. The van der Waals surface area contributed by atoms with Crippen molar-refractivity contribution in [2.75, 3.05) is 0 Å². The molecule has 3 heteroatoms. The standard InChI is InChI=1S/C17H20N2O/c1-3-14(2)19(13-15-7-5-4-6-8-15)17(20)16-9-11-18-12-10-16/h4-12,14H,3,13H2,1-2H3. The summed E-state index contributed by atoms with van der Waals surface area (Å²) in [7, 11) is 0. The van der Waals surface area contributed by atoms with Crippen molar-refractivity contribution >= 4 is 5.91 Å². The van der Waals surface area contributed by atoms with Gasteiger partial charge < -0.3 is 4.90 Å². The Labute approximate surface area is 120 Å². The second-order valence-corrected chi connectivity index (χ2v) is 4.91. The van der Waals surface area contributed by atoms with Crippen LogP contribution in [0.3, 0.4) is 0 Å². The van der Waals surface area contributed by atoms with Gasteiger partial charge in [-0.1, -0.05) is 37.3 Å². The van der Waals surface area contributed by atoms with Crippen LogP contribution in [0.2, 0.25) is 0 Å². The van der Waals surface area contributed by atoms with Gasteiger partial charge in [-0.2, -0.15) is 0 Å². The van der Waals surface area contributed by atoms with Gasteiger partial charge in [0.05, 0.1) is 0 Å². The first-order valence-corrected chi connectivity index (χ1v) is 6.97. The molecule has 0 fully saturated rings. The monoisotopic (exact) mass is 268 g/mol. The second kappa shape index (κ2) is 6.85. The van der Waals surface area contributed by atoms with E-state index in [1.165, 1.54) is 0 Å². The SMILES string of the molecule is CCC(C)N(Cc1ccccc1)C(=O)c1ccncc1. The maximum Gasteiger partial charge on any atom is 0.254 e. The number of hydrogen-bond donors (Lipinski definition) is 0. The molecule has 3 nitrogen and oxygen atoms in total. The maximum atomic E-state index is 12.6. The largest absolute Gasteiger partial charge is 0.332 e. The van der Waals surface area contributed by atoms with Crippen LogP contribution in [-0.2, 0) is 6.54 Å². The number of carbonyl (C=O) groups excluding carboxylic acids is 1. The van der Waals surface area contributed by atoms with Crippen molar-refractivity contribution in [3.05, 3.63) is 66.0 Å². The van der Waals surface area contributed by atoms with Crippen LogP contribution in [0.5, 0.6) is 0 Å². The molecule has 0 spiro atoms. The van der Waals surface area contributed by atoms with Crippen molar-refractivity contribution in [3.8, 4) is 0 Å². The molecule has 20 heavy (non-hydrogen) atoms. The molecule has 1 unspecified atom stereocenters. The van der Waals surface area contributed by atoms with Gasteiger partial charge in [0.15, 0.2) is 0 Å². The summed E-state index contributed by atoms with van der Waals surface area (Å²) >= 11 is 0. The van der Waals surface area contributed by atoms with Crippen molar-refractivity contribution < 1.29 is 4.79 Å². The van der Waals surface area contributed by atoms with E-state index >= 15 is 0 Å². The van der Waals surface area contributed by atoms with Gasteiger partial charge >= 0.3 is 0 Å². The fourth-order valence-electron chi connectivity index (χ4n) is 2.09. The minimum absolute atomic E-state index is 0.0607. The van der Waals surface area contributed by atoms with Gasteiger partial charge in [-0.05, 0) is 31.0 Å². The molecule has 1 aromatic heterocycles. The molecular weight excluding hydrogens is 248 g/mol. The lowest BCUT2D eigenvalue weighted by Crippen LogP contribution is -2.37. The minimum atomic E-state index is 0.0607. The summed E-state index contributed by atoms with van der Waals surface area (Å²) in [4.78, 5) is 18.5. The summed E-state index contributed by atoms with van der Waals surface area (Å²) in [5.41, 5.74) is 1.84. The summed E-state index contributed by atoms with van der Waals surface area (Å²) in [6.45, 7) is 4.82. The van der Waals surface area contributed by atoms with Crippen LogP contribution in [-0.4, -0.2) is 21.8 Å². The van der Waals surface area contributed by atoms with E-state index in [0.29, 0.717) is 12.1 Å². The third-order valence-electron chi connectivity index (χ3n) is 3.51. The Morgan fingerprint density at radius 1 is 1.15 bits per heavy atom. The molecule has 1 amide bonds. The van der Waals surface area contributed by atoms with Crippen LogP contribution in [0, 0.1) is 0 Å². The van der Waals surface area contributed by atoms with Crippen LogP contribution in [0.25, 0.3) is 0 Å². The molecule has 1 heterocycles. The van der Waals surface area contributed by atoms with Crippen LogP contribution in [0.1, 0.15) is 36.2 Å². The summed E-state index contributed by atoms with van der Waals surface area (Å²) < 4.78 is 0. The zero-order valence-corrected chi connectivity index (χ0v) is 12.0. The molecule has 0 aliphatic heterocycles. The summed E-state index contributed by atoms with van der Waals surface area (Å²) in [6, 6.07) is 13.8. The Kier molecular flexibility index (Phi) is 4.88. The van der Waals surface area contributed by atoms with Crippen molar-refractivity contribution in [2.24, 2.45) is 0 Å². The van der Waals surface area contributed by atoms with Gasteiger partial charge in [-0.3, -0.25) is 9.78 Å². The van der Waals surface area contributed by atoms with E-state index in [9.17, 15) is 4.79 Å². The molecule has 2 aromatic rings. The molecule has 2 rings (SSSR count). The highest BCUT2D eigenvalue weighted by Gasteiger charge is 2.20. The highest BCUT2D eigenvalue weighted by molar-refractivity contribution is 5.94. The van der Waals surface area contributed by atoms with E-state index in [1.54, 1.807) is 24.5 Å². The maximum absolute atomic E-state index is 12.6. The molecule has 0 N–H and O–H groups in total. The van der Waals surface area contributed by atoms with Crippen LogP contribution in [0.15, 0.2) is 54.9 Å². The number of carbonyl (C=O) groups is 1. The number of pyridine rings is 1. The van der Waals surface area contributed by atoms with Crippen molar-refractivity contribution in [3.63, 3.8) is 0 Å². The second-order valence-electron chi connectivity index (χ2n) is 4.91. The van der Waals surface area contributed by atoms with Crippen molar-refractivity contribution in [2.45, 2.75) is 32.9 Å². The fraction of sp³-hybridized carbons (Fsp3) is 0.294. The first-order valence-electron chi connectivity index (χ1n) is 6.97. The highest BCUT2D eigenvalue weighted by atomic mass is 16.2. The molecule has 0 radical (unpaired) electrons. The lowest BCUT2D eigenvalue weighted by atomic mass is 10.1. The number of nitrogens with zero attached hydrogens (tertiary/aromatic N) is 2. The van der Waals surface area contributed by atoms with Gasteiger partial charge in [0.1, 0.15) is 0 Å². The molecule has 1 aromatic carbocycles. The van der Waals surface area contributed by atoms with Crippen molar-refractivity contribution in [1.29, 1.82) is 0 Å². The predicted octanol–water partition coefficient (Wildman–Crippen LogP) is 3.52. The number of rotatable bonds is 5. The molecule has 0 aliphatic carbocycles. The predicted molar refractivity (Wildman–Crippen MR) is 80.3 cm³/mol. The quantitative estimate of drug-likeness (QED) is 0.831. The third-order valence-corrected chi connectivity index (χ3v) is 3.51. The Balaban J connectivity index is 2.22. The van der Waals surface area contributed by atoms with Gasteiger partial charge in [0.25, 0.3) is 5.91 Å². The molecule has 104 valence electrons. The molecule has 0 bridgehead atoms. The molecule has 1 atom stereocenters. The number of hydrogen-bond acceptors (Lipinski definition) is 2. The normalized spacial score (nSPS) is 11.9. The average molecular weight is 268 g/mol. The van der Waals surface area contributed by atoms with E-state index in [-0.39, 0.29) is 11.9 Å². The van der Waals surface area contributed by atoms with Crippen LogP contribution >= 0.6 is 0 Å². The van der Waals surface area contributed by atoms with Gasteiger partial charge in [0.2, 0.25) is 0 Å². The summed E-state index contributed by atoms with van der Waals surface area (Å²) in [5, 5.41) is 0. The van der Waals surface area contributed by atoms with Gasteiger partial charge in [-0.25, -0.2) is 0 Å². The minimum Gasteiger partial charge on any atom is -0.332 e. The number of benzene rings is 1. The highest BCUT2D eigenvalue weighted by Crippen LogP contribution is 2.14. The smallest absolute Gasteiger partial charge is 0.254 e. The Hall–Kier alpha value is -2.16. The van der Waals surface area contributed by atoms with E-state index in [4.69, 9.17) is 0 Å². The molecular formula is C17H20N2O. The Bertz CT molecular complexity index is 539. The zero-order chi connectivity index (χ0) is 14.4. The van der Waals surface area contributed by atoms with Gasteiger partial charge in [0, 0.05) is 30.5 Å².